The van der Waals surface area contributed by atoms with Gasteiger partial charge in [0.15, 0.2) is 0 Å². The van der Waals surface area contributed by atoms with Gasteiger partial charge in [0, 0.05) is 6.92 Å². The zero-order valence-electron chi connectivity index (χ0n) is 1.99. The van der Waals surface area contributed by atoms with Gasteiger partial charge in [-0.3, -0.25) is 4.79 Å². The van der Waals surface area contributed by atoms with Crippen LogP contribution in [0.3, 0.4) is 0 Å². The molecule has 23 valence electrons. The molecule has 0 aliphatic rings. The van der Waals surface area contributed by atoms with E-state index in [1.807, 2.05) is 0 Å². The number of rotatable bonds is 0. The normalized spacial score (nSPS) is 6.50. The lowest BCUT2D eigenvalue weighted by atomic mass is 10.9. The molecule has 0 aliphatic heterocycles. The standard InChI is InChI=1S/C2H2ClO/c1-2(3)4/h1H2. The summed E-state index contributed by atoms with van der Waals surface area (Å²) in [5, 5.41) is -0.611. The topological polar surface area (TPSA) is 17.1 Å². The van der Waals surface area contributed by atoms with Crippen molar-refractivity contribution in [1.29, 1.82) is 0 Å². The molecule has 0 heterocycles. The molecule has 0 aromatic heterocycles. The Balaban J connectivity index is 2.80. The van der Waals surface area contributed by atoms with Crippen molar-refractivity contribution in [2.75, 3.05) is 0 Å². The fourth-order valence-corrected chi connectivity index (χ4v) is 0. The lowest BCUT2D eigenvalue weighted by Gasteiger charge is -1.51. The number of halogens is 1. The second-order valence-electron chi connectivity index (χ2n) is 0.355. The molecule has 0 saturated carbocycles. The van der Waals surface area contributed by atoms with E-state index in [-0.39, 0.29) is 0 Å². The van der Waals surface area contributed by atoms with Gasteiger partial charge in [0.1, 0.15) is 0 Å². The van der Waals surface area contributed by atoms with E-state index in [0.717, 1.165) is 0 Å². The van der Waals surface area contributed by atoms with Gasteiger partial charge >= 0.3 is 0 Å². The fourth-order valence-electron chi connectivity index (χ4n) is 0. The average Bonchev–Trinajstić information content (AvgIpc) is 0.811. The van der Waals surface area contributed by atoms with Crippen LogP contribution >= 0.6 is 11.6 Å². The molecule has 2 heteroatoms. The van der Waals surface area contributed by atoms with E-state index >= 15 is 0 Å². The minimum atomic E-state index is -0.611. The molecule has 0 N–H and O–H groups in total. The summed E-state index contributed by atoms with van der Waals surface area (Å²) in [5.41, 5.74) is 0. The number of hydrogen-bond donors (Lipinski definition) is 0. The molecule has 0 fully saturated rings. The maximum Gasteiger partial charge on any atom is 0.222 e. The maximum atomic E-state index is 9.10. The highest BCUT2D eigenvalue weighted by Crippen LogP contribution is 1.66. The SMILES string of the molecule is [CH2]C(=O)Cl. The van der Waals surface area contributed by atoms with Crippen LogP contribution in [-0.2, 0) is 4.79 Å². The van der Waals surface area contributed by atoms with E-state index in [2.05, 4.69) is 18.5 Å². The van der Waals surface area contributed by atoms with Crippen molar-refractivity contribution < 1.29 is 4.79 Å². The molecule has 0 atom stereocenters. The summed E-state index contributed by atoms with van der Waals surface area (Å²) >= 11 is 4.52. The van der Waals surface area contributed by atoms with Crippen LogP contribution in [0.5, 0.6) is 0 Å². The summed E-state index contributed by atoms with van der Waals surface area (Å²) in [7, 11) is 0. The zero-order chi connectivity index (χ0) is 3.58. The van der Waals surface area contributed by atoms with Gasteiger partial charge in [0.25, 0.3) is 0 Å². The molecule has 0 aromatic rings. The Morgan fingerprint density at radius 1 is 2.00 bits per heavy atom. The van der Waals surface area contributed by atoms with Gasteiger partial charge < -0.3 is 0 Å². The van der Waals surface area contributed by atoms with Gasteiger partial charge in [-0.15, -0.1) is 0 Å². The quantitative estimate of drug-likeness (QED) is 0.387. The summed E-state index contributed by atoms with van der Waals surface area (Å²) in [5.74, 6) is 0. The van der Waals surface area contributed by atoms with E-state index in [0.29, 0.717) is 0 Å². The van der Waals surface area contributed by atoms with Crippen molar-refractivity contribution in [2.24, 2.45) is 0 Å². The predicted molar refractivity (Wildman–Crippen MR) is 16.2 cm³/mol. The molecule has 1 radical (unpaired) electrons. The van der Waals surface area contributed by atoms with Gasteiger partial charge in [-0.1, -0.05) is 0 Å². The Kier molecular flexibility index (Phi) is 1.28. The van der Waals surface area contributed by atoms with E-state index in [1.54, 1.807) is 0 Å². The van der Waals surface area contributed by atoms with Crippen LogP contribution in [0.4, 0.5) is 0 Å². The van der Waals surface area contributed by atoms with E-state index in [1.165, 1.54) is 0 Å². The molecule has 0 saturated heterocycles. The van der Waals surface area contributed by atoms with Crippen molar-refractivity contribution in [3.63, 3.8) is 0 Å². The highest BCUT2D eigenvalue weighted by atomic mass is 35.5. The van der Waals surface area contributed by atoms with Gasteiger partial charge in [-0.05, 0) is 11.6 Å². The van der Waals surface area contributed by atoms with E-state index in [9.17, 15) is 0 Å². The summed E-state index contributed by atoms with van der Waals surface area (Å²) in [6.07, 6.45) is 0. The third-order valence-corrected chi connectivity index (χ3v) is 0. The first-order valence-corrected chi connectivity index (χ1v) is 1.12. The Morgan fingerprint density at radius 3 is 2.00 bits per heavy atom. The highest BCUT2D eigenvalue weighted by molar-refractivity contribution is 6.64. The Morgan fingerprint density at radius 2 is 2.00 bits per heavy atom. The predicted octanol–water partition coefficient (Wildman–Crippen LogP) is 0.586. The Labute approximate surface area is 29.6 Å². The Hall–Kier alpha value is -0.0400. The third-order valence-electron chi connectivity index (χ3n) is 0. The summed E-state index contributed by atoms with van der Waals surface area (Å²) in [6.45, 7) is 2.77. The van der Waals surface area contributed by atoms with E-state index < -0.39 is 5.24 Å². The van der Waals surface area contributed by atoms with E-state index in [4.69, 9.17) is 4.79 Å². The summed E-state index contributed by atoms with van der Waals surface area (Å²) in [4.78, 5) is 9.10. The highest BCUT2D eigenvalue weighted by Gasteiger charge is 1.67. The monoisotopic (exact) mass is 77.0 g/mol. The molecular weight excluding hydrogens is 75.5 g/mol. The summed E-state index contributed by atoms with van der Waals surface area (Å²) < 4.78 is 0. The smallest absolute Gasteiger partial charge is 0.222 e. The van der Waals surface area contributed by atoms with Gasteiger partial charge in [0.05, 0.1) is 0 Å². The lowest BCUT2D eigenvalue weighted by molar-refractivity contribution is -0.107. The maximum absolute atomic E-state index is 9.10. The second kappa shape index (κ2) is 1.30. The van der Waals surface area contributed by atoms with Gasteiger partial charge in [-0.25, -0.2) is 0 Å². The number of carbonyl (C=O) groups excluding carboxylic acids is 1. The molecule has 0 unspecified atom stereocenters. The first kappa shape index (κ1) is 3.96. The van der Waals surface area contributed by atoms with Crippen LogP contribution in [0.1, 0.15) is 0 Å². The molecule has 0 amide bonds. The van der Waals surface area contributed by atoms with Crippen molar-refractivity contribution in [3.8, 4) is 0 Å². The average molecular weight is 77.5 g/mol. The van der Waals surface area contributed by atoms with Crippen molar-refractivity contribution in [3.05, 3.63) is 6.92 Å². The fraction of sp³-hybridized carbons (Fsp3) is 0. The molecule has 0 spiro atoms. The van der Waals surface area contributed by atoms with Crippen molar-refractivity contribution in [2.45, 2.75) is 0 Å². The van der Waals surface area contributed by atoms with Crippen LogP contribution in [0.2, 0.25) is 0 Å². The van der Waals surface area contributed by atoms with Gasteiger partial charge in [0.2, 0.25) is 5.24 Å². The zero-order valence-corrected chi connectivity index (χ0v) is 2.75. The van der Waals surface area contributed by atoms with Crippen LogP contribution < -0.4 is 0 Å². The van der Waals surface area contributed by atoms with Crippen molar-refractivity contribution >= 4 is 16.8 Å². The second-order valence-corrected chi connectivity index (χ2v) is 0.777. The first-order chi connectivity index (χ1) is 1.73. The molecule has 1 nitrogen and oxygen atoms in total. The minimum absolute atomic E-state index is 0.611. The largest absolute Gasteiger partial charge is 0.281 e. The molecule has 0 rings (SSSR count). The van der Waals surface area contributed by atoms with Crippen LogP contribution in [0.25, 0.3) is 0 Å². The minimum Gasteiger partial charge on any atom is -0.281 e. The van der Waals surface area contributed by atoms with Crippen LogP contribution in [-0.4, -0.2) is 5.24 Å². The number of carbonyl (C=O) groups is 1. The first-order valence-electron chi connectivity index (χ1n) is 0.747. The Bertz CT molecular complexity index is 29.0. The molecule has 0 aromatic carbocycles. The lowest BCUT2D eigenvalue weighted by Crippen LogP contribution is -1.63. The molecule has 0 aliphatic carbocycles. The van der Waals surface area contributed by atoms with Crippen LogP contribution in [0, 0.1) is 6.92 Å². The molecular formula is C2H2ClO. The van der Waals surface area contributed by atoms with Crippen molar-refractivity contribution in [1.82, 2.24) is 0 Å². The number of hydrogen-bond acceptors (Lipinski definition) is 1. The third kappa shape index (κ3) is 1130. The van der Waals surface area contributed by atoms with Gasteiger partial charge in [-0.2, -0.15) is 0 Å². The van der Waals surface area contributed by atoms with Crippen LogP contribution in [0.15, 0.2) is 0 Å². The molecule has 4 heavy (non-hydrogen) atoms. The molecule has 0 bridgehead atoms. The summed E-state index contributed by atoms with van der Waals surface area (Å²) in [6, 6.07) is 0.